The maximum Gasteiger partial charge on any atom is 0.147 e. The molecule has 3 atom stereocenters. The second-order valence-electron chi connectivity index (χ2n) is 5.07. The van der Waals surface area contributed by atoms with Gasteiger partial charge in [0.2, 0.25) is 0 Å². The fourth-order valence-electron chi connectivity index (χ4n) is 1.78. The van der Waals surface area contributed by atoms with Crippen LogP contribution in [-0.4, -0.2) is 51.2 Å². The van der Waals surface area contributed by atoms with Crippen LogP contribution in [0.15, 0.2) is 24.8 Å². The van der Waals surface area contributed by atoms with Crippen molar-refractivity contribution < 1.29 is 24.1 Å². The summed E-state index contributed by atoms with van der Waals surface area (Å²) in [7, 11) is 3.09. The van der Waals surface area contributed by atoms with E-state index in [1.165, 1.54) is 7.11 Å². The summed E-state index contributed by atoms with van der Waals surface area (Å²) in [6.07, 6.45) is 6.06. The van der Waals surface area contributed by atoms with Crippen molar-refractivity contribution in [2.24, 2.45) is 0 Å². The van der Waals surface area contributed by atoms with Gasteiger partial charge in [-0.2, -0.15) is 0 Å². The van der Waals surface area contributed by atoms with E-state index in [0.717, 1.165) is 6.42 Å². The standard InChI is InChI=1S/C20H30O5/c1-5-7-8-9-10-11-13-19(21)20(25-17-23-4)15-14-18(12-6-2)24-16-22-3/h6,14-15,18-21H,2,5,9,12-13,16-17H2,1,3-4H3/b15-14+/t18-,19-,20+/m1/s1. The van der Waals surface area contributed by atoms with Gasteiger partial charge in [-0.25, -0.2) is 0 Å². The molecule has 0 heterocycles. The summed E-state index contributed by atoms with van der Waals surface area (Å²) >= 11 is 0. The van der Waals surface area contributed by atoms with Crippen molar-refractivity contribution in [3.05, 3.63) is 24.8 Å². The lowest BCUT2D eigenvalue weighted by Gasteiger charge is -2.19. The van der Waals surface area contributed by atoms with Gasteiger partial charge in [0.15, 0.2) is 0 Å². The largest absolute Gasteiger partial charge is 0.389 e. The number of methoxy groups -OCH3 is 2. The first-order valence-electron chi connectivity index (χ1n) is 8.29. The summed E-state index contributed by atoms with van der Waals surface area (Å²) < 4.78 is 20.9. The summed E-state index contributed by atoms with van der Waals surface area (Å²) in [5.41, 5.74) is 0. The maximum atomic E-state index is 10.3. The fraction of sp³-hybridized carbons (Fsp3) is 0.600. The van der Waals surface area contributed by atoms with Gasteiger partial charge in [0.05, 0.1) is 18.6 Å². The average molecular weight is 350 g/mol. The third-order valence-electron chi connectivity index (χ3n) is 2.99. The van der Waals surface area contributed by atoms with Crippen molar-refractivity contribution in [2.75, 3.05) is 27.8 Å². The van der Waals surface area contributed by atoms with Crippen molar-refractivity contribution in [2.45, 2.75) is 50.9 Å². The second kappa shape index (κ2) is 17.2. The molecular formula is C20H30O5. The van der Waals surface area contributed by atoms with Crippen molar-refractivity contribution in [3.8, 4) is 23.7 Å². The van der Waals surface area contributed by atoms with Gasteiger partial charge in [-0.1, -0.05) is 42.9 Å². The number of ether oxygens (including phenoxy) is 4. The predicted octanol–water partition coefficient (Wildman–Crippen LogP) is 2.65. The molecule has 0 unspecified atom stereocenters. The van der Waals surface area contributed by atoms with E-state index < -0.39 is 12.2 Å². The van der Waals surface area contributed by atoms with E-state index in [9.17, 15) is 5.11 Å². The summed E-state index contributed by atoms with van der Waals surface area (Å²) in [5, 5.41) is 10.3. The molecular weight excluding hydrogens is 320 g/mol. The number of aliphatic hydroxyl groups excluding tert-OH is 1. The van der Waals surface area contributed by atoms with Gasteiger partial charge in [-0.05, 0) is 6.42 Å². The SMILES string of the molecule is C=CC[C@H](/C=C/[C@H](OCOC)[C@H](O)CC#CCC#CCC)OCOC. The maximum absolute atomic E-state index is 10.3. The summed E-state index contributed by atoms with van der Waals surface area (Å²) in [5.74, 6) is 11.7. The average Bonchev–Trinajstić information content (AvgIpc) is 2.62. The van der Waals surface area contributed by atoms with E-state index in [2.05, 4.69) is 30.3 Å². The Morgan fingerprint density at radius 2 is 1.68 bits per heavy atom. The van der Waals surface area contributed by atoms with Gasteiger partial charge in [-0.15, -0.1) is 12.5 Å². The van der Waals surface area contributed by atoms with Gasteiger partial charge in [-0.3, -0.25) is 0 Å². The van der Waals surface area contributed by atoms with Crippen LogP contribution >= 0.6 is 0 Å². The molecule has 0 spiro atoms. The third-order valence-corrected chi connectivity index (χ3v) is 2.99. The molecule has 0 aromatic heterocycles. The molecule has 5 heteroatoms. The van der Waals surface area contributed by atoms with Gasteiger partial charge in [0, 0.05) is 27.1 Å². The smallest absolute Gasteiger partial charge is 0.147 e. The van der Waals surface area contributed by atoms with Gasteiger partial charge in [0.1, 0.15) is 19.7 Å². The van der Waals surface area contributed by atoms with Crippen LogP contribution in [0, 0.1) is 23.7 Å². The second-order valence-corrected chi connectivity index (χ2v) is 5.07. The molecule has 25 heavy (non-hydrogen) atoms. The Kier molecular flexibility index (Phi) is 16.1. The minimum atomic E-state index is -0.773. The highest BCUT2D eigenvalue weighted by atomic mass is 16.7. The Bertz CT molecular complexity index is 478. The van der Waals surface area contributed by atoms with Crippen LogP contribution in [0.5, 0.6) is 0 Å². The minimum Gasteiger partial charge on any atom is -0.389 e. The van der Waals surface area contributed by atoms with Crippen LogP contribution in [0.1, 0.15) is 32.6 Å². The Labute approximate surface area is 152 Å². The van der Waals surface area contributed by atoms with Crippen LogP contribution in [0.2, 0.25) is 0 Å². The lowest BCUT2D eigenvalue weighted by Crippen LogP contribution is -2.28. The molecule has 0 amide bonds. The zero-order chi connectivity index (χ0) is 18.8. The Balaban J connectivity index is 4.71. The normalized spacial score (nSPS) is 14.1. The molecule has 0 aliphatic carbocycles. The van der Waals surface area contributed by atoms with E-state index in [1.54, 1.807) is 19.3 Å². The number of rotatable bonds is 12. The molecule has 0 radical (unpaired) electrons. The van der Waals surface area contributed by atoms with Crippen molar-refractivity contribution in [1.29, 1.82) is 0 Å². The Morgan fingerprint density at radius 3 is 2.32 bits per heavy atom. The zero-order valence-electron chi connectivity index (χ0n) is 15.5. The quantitative estimate of drug-likeness (QED) is 0.333. The first kappa shape index (κ1) is 23.4. The summed E-state index contributed by atoms with van der Waals surface area (Å²) in [6, 6.07) is 0. The molecule has 0 saturated heterocycles. The molecule has 5 nitrogen and oxygen atoms in total. The first-order chi connectivity index (χ1) is 12.2. The highest BCUT2D eigenvalue weighted by molar-refractivity contribution is 5.12. The number of aliphatic hydroxyl groups is 1. The zero-order valence-corrected chi connectivity index (χ0v) is 15.5. The van der Waals surface area contributed by atoms with Crippen molar-refractivity contribution in [3.63, 3.8) is 0 Å². The number of hydrogen-bond acceptors (Lipinski definition) is 5. The lowest BCUT2D eigenvalue weighted by atomic mass is 10.1. The summed E-state index contributed by atoms with van der Waals surface area (Å²) in [6.45, 7) is 5.95. The van der Waals surface area contributed by atoms with Crippen molar-refractivity contribution >= 4 is 0 Å². The molecule has 0 saturated carbocycles. The highest BCUT2D eigenvalue weighted by Gasteiger charge is 2.17. The van der Waals surface area contributed by atoms with E-state index in [4.69, 9.17) is 18.9 Å². The van der Waals surface area contributed by atoms with Crippen LogP contribution in [0.3, 0.4) is 0 Å². The Morgan fingerprint density at radius 1 is 1.00 bits per heavy atom. The number of hydrogen-bond donors (Lipinski definition) is 1. The van der Waals surface area contributed by atoms with Crippen LogP contribution < -0.4 is 0 Å². The van der Waals surface area contributed by atoms with E-state index in [1.807, 2.05) is 13.0 Å². The molecule has 0 aliphatic heterocycles. The molecule has 0 fully saturated rings. The molecule has 0 aliphatic rings. The van der Waals surface area contributed by atoms with E-state index in [-0.39, 0.29) is 26.1 Å². The molecule has 0 aromatic rings. The third kappa shape index (κ3) is 13.4. The van der Waals surface area contributed by atoms with Gasteiger partial charge >= 0.3 is 0 Å². The van der Waals surface area contributed by atoms with Crippen LogP contribution in [0.25, 0.3) is 0 Å². The van der Waals surface area contributed by atoms with Gasteiger partial charge < -0.3 is 24.1 Å². The Hall–Kier alpha value is -1.60. The molecule has 0 rings (SSSR count). The predicted molar refractivity (Wildman–Crippen MR) is 98.5 cm³/mol. The van der Waals surface area contributed by atoms with E-state index in [0.29, 0.717) is 12.8 Å². The van der Waals surface area contributed by atoms with Crippen molar-refractivity contribution in [1.82, 2.24) is 0 Å². The summed E-state index contributed by atoms with van der Waals surface area (Å²) in [4.78, 5) is 0. The van der Waals surface area contributed by atoms with Gasteiger partial charge in [0.25, 0.3) is 0 Å². The molecule has 1 N–H and O–H groups in total. The molecule has 0 bridgehead atoms. The van der Waals surface area contributed by atoms with Crippen LogP contribution in [-0.2, 0) is 18.9 Å². The molecule has 0 aromatic carbocycles. The van der Waals surface area contributed by atoms with E-state index >= 15 is 0 Å². The monoisotopic (exact) mass is 350 g/mol. The highest BCUT2D eigenvalue weighted by Crippen LogP contribution is 2.09. The topological polar surface area (TPSA) is 57.2 Å². The lowest BCUT2D eigenvalue weighted by molar-refractivity contribution is -0.0927. The first-order valence-corrected chi connectivity index (χ1v) is 8.29. The minimum absolute atomic E-state index is 0.0759. The fourth-order valence-corrected chi connectivity index (χ4v) is 1.78. The molecule has 140 valence electrons. The van der Waals surface area contributed by atoms with Crippen LogP contribution in [0.4, 0.5) is 0 Å².